The van der Waals surface area contributed by atoms with Gasteiger partial charge in [0.1, 0.15) is 11.4 Å². The molecule has 3 aromatic rings. The molecule has 3 heterocycles. The number of hydrogen-bond acceptors (Lipinski definition) is 4. The van der Waals surface area contributed by atoms with Crippen molar-refractivity contribution >= 4 is 17.2 Å². The van der Waals surface area contributed by atoms with E-state index >= 15 is 0 Å². The first-order chi connectivity index (χ1) is 12.3. The number of nitrogens with zero attached hydrogens (tertiary/aromatic N) is 1. The van der Waals surface area contributed by atoms with Gasteiger partial charge in [-0.05, 0) is 47.2 Å². The maximum atomic E-state index is 12.2. The predicted molar refractivity (Wildman–Crippen MR) is 99.2 cm³/mol. The van der Waals surface area contributed by atoms with Crippen LogP contribution in [-0.2, 0) is 12.8 Å². The summed E-state index contributed by atoms with van der Waals surface area (Å²) in [6.45, 7) is 1.36. The summed E-state index contributed by atoms with van der Waals surface area (Å²) < 4.78 is 5.51. The third-order valence-electron chi connectivity index (χ3n) is 4.25. The fourth-order valence-corrected chi connectivity index (χ4v) is 3.64. The van der Waals surface area contributed by atoms with Crippen LogP contribution >= 0.6 is 11.3 Å². The third-order valence-corrected chi connectivity index (χ3v) is 5.17. The topological polar surface area (TPSA) is 51.2 Å². The smallest absolute Gasteiger partial charge is 0.269 e. The summed E-state index contributed by atoms with van der Waals surface area (Å²) in [5.74, 6) is 0.852. The summed E-state index contributed by atoms with van der Waals surface area (Å²) in [4.78, 5) is 17.7. The lowest BCUT2D eigenvalue weighted by atomic mass is 10.1. The highest BCUT2D eigenvalue weighted by Crippen LogP contribution is 2.26. The largest absolute Gasteiger partial charge is 0.493 e. The zero-order valence-electron chi connectivity index (χ0n) is 13.7. The van der Waals surface area contributed by atoms with Crippen molar-refractivity contribution in [2.45, 2.75) is 12.8 Å². The molecule has 0 bridgehead atoms. The third kappa shape index (κ3) is 3.56. The van der Waals surface area contributed by atoms with E-state index in [1.54, 1.807) is 23.6 Å². The number of benzene rings is 1. The van der Waals surface area contributed by atoms with Crippen LogP contribution in [0, 0.1) is 0 Å². The van der Waals surface area contributed by atoms with Gasteiger partial charge in [0.05, 0.1) is 6.61 Å². The Labute approximate surface area is 150 Å². The van der Waals surface area contributed by atoms with Gasteiger partial charge in [-0.2, -0.15) is 0 Å². The van der Waals surface area contributed by atoms with E-state index in [9.17, 15) is 4.79 Å². The van der Waals surface area contributed by atoms with Gasteiger partial charge < -0.3 is 10.1 Å². The van der Waals surface area contributed by atoms with Gasteiger partial charge in [-0.15, -0.1) is 11.3 Å². The molecule has 0 atom stereocenters. The van der Waals surface area contributed by atoms with Crippen LogP contribution in [0.15, 0.2) is 54.0 Å². The summed E-state index contributed by atoms with van der Waals surface area (Å²) in [6, 6.07) is 14.0. The van der Waals surface area contributed by atoms with Crippen molar-refractivity contribution in [1.82, 2.24) is 10.3 Å². The maximum Gasteiger partial charge on any atom is 0.269 e. The molecular weight excluding hydrogens is 332 g/mol. The molecular formula is C20H18N2O2S. The summed E-state index contributed by atoms with van der Waals surface area (Å²) in [5.41, 5.74) is 3.95. The molecule has 4 rings (SSSR count). The first-order valence-corrected chi connectivity index (χ1v) is 9.20. The van der Waals surface area contributed by atoms with Crippen molar-refractivity contribution in [2.24, 2.45) is 0 Å². The second kappa shape index (κ2) is 7.07. The Bertz CT molecular complexity index is 873. The fraction of sp³-hybridized carbons (Fsp3) is 0.200. The average Bonchev–Trinajstić information content (AvgIpc) is 3.33. The molecule has 1 aromatic carbocycles. The van der Waals surface area contributed by atoms with E-state index in [2.05, 4.69) is 22.4 Å². The molecule has 1 amide bonds. The van der Waals surface area contributed by atoms with Crippen LogP contribution < -0.4 is 10.1 Å². The highest BCUT2D eigenvalue weighted by molar-refractivity contribution is 7.13. The van der Waals surface area contributed by atoms with E-state index in [-0.39, 0.29) is 5.91 Å². The van der Waals surface area contributed by atoms with Gasteiger partial charge in [-0.1, -0.05) is 18.2 Å². The van der Waals surface area contributed by atoms with E-state index in [4.69, 9.17) is 4.74 Å². The second-order valence-electron chi connectivity index (χ2n) is 5.96. The number of carbonyl (C=O) groups excluding carboxylic acids is 1. The number of nitrogens with one attached hydrogen (secondary N) is 1. The number of ether oxygens (including phenoxy) is 1. The maximum absolute atomic E-state index is 12.2. The lowest BCUT2D eigenvalue weighted by molar-refractivity contribution is 0.0949. The van der Waals surface area contributed by atoms with Gasteiger partial charge in [0, 0.05) is 29.6 Å². The molecule has 0 radical (unpaired) electrons. The van der Waals surface area contributed by atoms with Crippen molar-refractivity contribution in [2.75, 3.05) is 13.2 Å². The van der Waals surface area contributed by atoms with Crippen molar-refractivity contribution < 1.29 is 9.53 Å². The van der Waals surface area contributed by atoms with Crippen molar-refractivity contribution in [3.63, 3.8) is 0 Å². The van der Waals surface area contributed by atoms with Crippen LogP contribution in [0.3, 0.4) is 0 Å². The molecule has 1 N–H and O–H groups in total. The van der Waals surface area contributed by atoms with Gasteiger partial charge >= 0.3 is 0 Å². The standard InChI is InChI=1S/C20H18N2O2S/c23-20(17-5-4-16(13-22-17)19-2-1-11-25-19)21-9-7-14-3-6-18-15(12-14)8-10-24-18/h1-6,11-13H,7-10H2,(H,21,23). The number of pyridine rings is 1. The molecule has 1 aliphatic rings. The van der Waals surface area contributed by atoms with E-state index < -0.39 is 0 Å². The minimum Gasteiger partial charge on any atom is -0.493 e. The monoisotopic (exact) mass is 350 g/mol. The molecule has 0 saturated carbocycles. The number of hydrogen-bond donors (Lipinski definition) is 1. The van der Waals surface area contributed by atoms with Gasteiger partial charge in [0.25, 0.3) is 5.91 Å². The Morgan fingerprint density at radius 2 is 2.20 bits per heavy atom. The minimum absolute atomic E-state index is 0.137. The first kappa shape index (κ1) is 15.8. The van der Waals surface area contributed by atoms with Crippen molar-refractivity contribution in [3.05, 3.63) is 70.9 Å². The van der Waals surface area contributed by atoms with Crippen LogP contribution in [0.5, 0.6) is 5.75 Å². The molecule has 0 aliphatic carbocycles. The van der Waals surface area contributed by atoms with Crippen LogP contribution in [0.25, 0.3) is 10.4 Å². The molecule has 0 saturated heterocycles. The highest BCUT2D eigenvalue weighted by atomic mass is 32.1. The molecule has 5 heteroatoms. The Morgan fingerprint density at radius 3 is 3.00 bits per heavy atom. The lowest BCUT2D eigenvalue weighted by Crippen LogP contribution is -2.26. The lowest BCUT2D eigenvalue weighted by Gasteiger charge is -2.07. The zero-order chi connectivity index (χ0) is 17.1. The van der Waals surface area contributed by atoms with E-state index in [1.165, 1.54) is 11.1 Å². The van der Waals surface area contributed by atoms with Gasteiger partial charge in [0.2, 0.25) is 0 Å². The number of rotatable bonds is 5. The summed E-state index contributed by atoms with van der Waals surface area (Å²) in [6.07, 6.45) is 3.52. The molecule has 2 aromatic heterocycles. The fourth-order valence-electron chi connectivity index (χ4n) is 2.92. The number of aromatic nitrogens is 1. The molecule has 126 valence electrons. The molecule has 0 fully saturated rings. The normalized spacial score (nSPS) is 12.5. The van der Waals surface area contributed by atoms with Crippen LogP contribution in [0.4, 0.5) is 0 Å². The van der Waals surface area contributed by atoms with Crippen LogP contribution in [0.1, 0.15) is 21.6 Å². The summed E-state index contributed by atoms with van der Waals surface area (Å²) in [7, 11) is 0. The second-order valence-corrected chi connectivity index (χ2v) is 6.90. The Morgan fingerprint density at radius 1 is 1.24 bits per heavy atom. The van der Waals surface area contributed by atoms with E-state index in [0.717, 1.165) is 35.6 Å². The van der Waals surface area contributed by atoms with Crippen LogP contribution in [-0.4, -0.2) is 24.0 Å². The number of thiophene rings is 1. The number of fused-ring (bicyclic) bond motifs is 1. The Kier molecular flexibility index (Phi) is 4.48. The van der Waals surface area contributed by atoms with Gasteiger partial charge in [0.15, 0.2) is 0 Å². The predicted octanol–water partition coefficient (Wildman–Crippen LogP) is 3.72. The Balaban J connectivity index is 1.33. The molecule has 25 heavy (non-hydrogen) atoms. The first-order valence-electron chi connectivity index (χ1n) is 8.32. The van der Waals surface area contributed by atoms with Crippen molar-refractivity contribution in [3.8, 4) is 16.2 Å². The van der Waals surface area contributed by atoms with Gasteiger partial charge in [-0.25, -0.2) is 0 Å². The minimum atomic E-state index is -0.137. The quantitative estimate of drug-likeness (QED) is 0.763. The SMILES string of the molecule is O=C(NCCc1ccc2c(c1)CCO2)c1ccc(-c2cccs2)cn1. The zero-order valence-corrected chi connectivity index (χ0v) is 14.5. The summed E-state index contributed by atoms with van der Waals surface area (Å²) >= 11 is 1.66. The molecule has 1 aliphatic heterocycles. The van der Waals surface area contributed by atoms with Crippen LogP contribution in [0.2, 0.25) is 0 Å². The number of amides is 1. The molecule has 0 unspecified atom stereocenters. The average molecular weight is 350 g/mol. The number of carbonyl (C=O) groups is 1. The molecule has 4 nitrogen and oxygen atoms in total. The summed E-state index contributed by atoms with van der Waals surface area (Å²) in [5, 5.41) is 4.97. The Hall–Kier alpha value is -2.66. The van der Waals surface area contributed by atoms with E-state index in [1.807, 2.05) is 29.6 Å². The molecule has 0 spiro atoms. The van der Waals surface area contributed by atoms with Gasteiger partial charge in [-0.3, -0.25) is 9.78 Å². The van der Waals surface area contributed by atoms with E-state index in [0.29, 0.717) is 12.2 Å². The highest BCUT2D eigenvalue weighted by Gasteiger charge is 2.12. The van der Waals surface area contributed by atoms with Crippen molar-refractivity contribution in [1.29, 1.82) is 0 Å².